The van der Waals surface area contributed by atoms with Gasteiger partial charge in [-0.2, -0.15) is 0 Å². The molecule has 0 aliphatic carbocycles. The van der Waals surface area contributed by atoms with Gasteiger partial charge in [0.25, 0.3) is 0 Å². The summed E-state index contributed by atoms with van der Waals surface area (Å²) in [6.07, 6.45) is 1.06. The summed E-state index contributed by atoms with van der Waals surface area (Å²) in [4.78, 5) is 12.3. The van der Waals surface area contributed by atoms with E-state index in [4.69, 9.17) is 23.2 Å². The zero-order valence-corrected chi connectivity index (χ0v) is 15.4. The van der Waals surface area contributed by atoms with E-state index in [-0.39, 0.29) is 6.54 Å². The van der Waals surface area contributed by atoms with E-state index in [9.17, 15) is 13.2 Å². The lowest BCUT2D eigenvalue weighted by Gasteiger charge is -2.23. The van der Waals surface area contributed by atoms with E-state index in [0.29, 0.717) is 21.4 Å². The predicted molar refractivity (Wildman–Crippen MR) is 98.5 cm³/mol. The molecule has 0 heterocycles. The quantitative estimate of drug-likeness (QED) is 0.851. The number of nitrogens with one attached hydrogen (secondary N) is 1. The Kier molecular flexibility index (Phi) is 5.74. The largest absolute Gasteiger partial charge is 0.324 e. The predicted octanol–water partition coefficient (Wildman–Crippen LogP) is 3.71. The number of aryl methyl sites for hydroxylation is 1. The monoisotopic (exact) mass is 386 g/mol. The minimum atomic E-state index is -3.62. The summed E-state index contributed by atoms with van der Waals surface area (Å²) in [5.41, 5.74) is 1.61. The zero-order valence-electron chi connectivity index (χ0n) is 13.1. The minimum Gasteiger partial charge on any atom is -0.324 e. The number of nitrogens with zero attached hydrogens (tertiary/aromatic N) is 1. The molecule has 0 aliphatic rings. The first-order chi connectivity index (χ1) is 11.2. The van der Waals surface area contributed by atoms with Crippen LogP contribution in [0.3, 0.4) is 0 Å². The molecule has 0 bridgehead atoms. The van der Waals surface area contributed by atoms with Crippen molar-refractivity contribution in [2.45, 2.75) is 6.92 Å². The van der Waals surface area contributed by atoms with E-state index in [1.807, 2.05) is 0 Å². The van der Waals surface area contributed by atoms with Crippen molar-refractivity contribution in [1.82, 2.24) is 0 Å². The van der Waals surface area contributed by atoms with Crippen LogP contribution in [0, 0.1) is 6.92 Å². The second kappa shape index (κ2) is 7.42. The number of anilines is 2. The highest BCUT2D eigenvalue weighted by Gasteiger charge is 2.22. The van der Waals surface area contributed by atoms with E-state index >= 15 is 0 Å². The van der Waals surface area contributed by atoms with Crippen molar-refractivity contribution in [1.29, 1.82) is 0 Å². The van der Waals surface area contributed by atoms with Gasteiger partial charge in [0.1, 0.15) is 6.54 Å². The Labute approximate surface area is 151 Å². The minimum absolute atomic E-state index is 0.353. The number of para-hydroxylation sites is 1. The molecule has 5 nitrogen and oxygen atoms in total. The highest BCUT2D eigenvalue weighted by atomic mass is 35.5. The normalized spacial score (nSPS) is 11.2. The maximum Gasteiger partial charge on any atom is 0.245 e. The maximum absolute atomic E-state index is 12.3. The third-order valence-electron chi connectivity index (χ3n) is 3.22. The lowest BCUT2D eigenvalue weighted by atomic mass is 10.2. The molecule has 0 saturated heterocycles. The Balaban J connectivity index is 2.24. The molecular formula is C16H16Cl2N2O3S. The van der Waals surface area contributed by atoms with Gasteiger partial charge in [0.05, 0.1) is 11.9 Å². The molecule has 24 heavy (non-hydrogen) atoms. The van der Waals surface area contributed by atoms with E-state index in [1.54, 1.807) is 31.2 Å². The molecule has 128 valence electrons. The topological polar surface area (TPSA) is 66.5 Å². The van der Waals surface area contributed by atoms with Gasteiger partial charge in [-0.25, -0.2) is 8.42 Å². The van der Waals surface area contributed by atoms with Gasteiger partial charge in [0.15, 0.2) is 0 Å². The molecule has 0 radical (unpaired) electrons. The van der Waals surface area contributed by atoms with Crippen molar-refractivity contribution in [3.8, 4) is 0 Å². The number of sulfonamides is 1. The number of amides is 1. The molecule has 2 rings (SSSR count). The first kappa shape index (κ1) is 18.6. The lowest BCUT2D eigenvalue weighted by Crippen LogP contribution is -2.37. The standard InChI is InChI=1S/C16H16Cl2N2O3S/c1-11-5-3-4-6-15(11)20(24(2,22)23)10-16(21)19-14-8-12(17)7-13(18)9-14/h3-9H,10H2,1-2H3,(H,19,21). The Bertz CT molecular complexity index is 849. The molecule has 0 fully saturated rings. The molecule has 2 aromatic rings. The molecule has 2 aromatic carbocycles. The summed E-state index contributed by atoms with van der Waals surface area (Å²) >= 11 is 11.8. The summed E-state index contributed by atoms with van der Waals surface area (Å²) in [6, 6.07) is 11.5. The molecular weight excluding hydrogens is 371 g/mol. The number of carbonyl (C=O) groups excluding carboxylic acids is 1. The highest BCUT2D eigenvalue weighted by molar-refractivity contribution is 7.92. The third kappa shape index (κ3) is 4.87. The van der Waals surface area contributed by atoms with Crippen molar-refractivity contribution < 1.29 is 13.2 Å². The van der Waals surface area contributed by atoms with E-state index in [2.05, 4.69) is 5.32 Å². The van der Waals surface area contributed by atoms with Gasteiger partial charge in [0.2, 0.25) is 15.9 Å². The molecule has 1 amide bonds. The second-order valence-corrected chi connectivity index (χ2v) is 8.04. The molecule has 1 N–H and O–H groups in total. The first-order valence-corrected chi connectivity index (χ1v) is 9.56. The number of halogens is 2. The zero-order chi connectivity index (χ0) is 17.9. The van der Waals surface area contributed by atoms with Gasteiger partial charge in [-0.3, -0.25) is 9.10 Å². The molecule has 0 atom stereocenters. The Morgan fingerprint density at radius 2 is 1.71 bits per heavy atom. The number of hydrogen-bond donors (Lipinski definition) is 1. The lowest BCUT2D eigenvalue weighted by molar-refractivity contribution is -0.114. The summed E-state index contributed by atoms with van der Waals surface area (Å²) < 4.78 is 25.2. The summed E-state index contributed by atoms with van der Waals surface area (Å²) in [6.45, 7) is 1.43. The molecule has 8 heteroatoms. The smallest absolute Gasteiger partial charge is 0.245 e. The molecule has 0 spiro atoms. The summed E-state index contributed by atoms with van der Waals surface area (Å²) in [7, 11) is -3.62. The maximum atomic E-state index is 12.3. The molecule has 0 unspecified atom stereocenters. The summed E-state index contributed by atoms with van der Waals surface area (Å²) in [5.74, 6) is -0.498. The van der Waals surface area contributed by atoms with Crippen molar-refractivity contribution in [3.63, 3.8) is 0 Å². The highest BCUT2D eigenvalue weighted by Crippen LogP contribution is 2.24. The average molecular weight is 387 g/mol. The Morgan fingerprint density at radius 3 is 2.25 bits per heavy atom. The van der Waals surface area contributed by atoms with Crippen LogP contribution in [-0.2, 0) is 14.8 Å². The number of benzene rings is 2. The van der Waals surface area contributed by atoms with Crippen molar-refractivity contribution in [2.24, 2.45) is 0 Å². The molecule has 0 saturated carbocycles. The van der Waals surface area contributed by atoms with Crippen LogP contribution in [0.1, 0.15) is 5.56 Å². The van der Waals surface area contributed by atoms with Crippen LogP contribution in [0.4, 0.5) is 11.4 Å². The fourth-order valence-corrected chi connectivity index (χ4v) is 3.62. The van der Waals surface area contributed by atoms with E-state index < -0.39 is 15.9 Å². The molecule has 0 aliphatic heterocycles. The Morgan fingerprint density at radius 1 is 1.12 bits per heavy atom. The van der Waals surface area contributed by atoms with Crippen LogP contribution in [-0.4, -0.2) is 27.1 Å². The van der Waals surface area contributed by atoms with Gasteiger partial charge in [-0.1, -0.05) is 41.4 Å². The SMILES string of the molecule is Cc1ccccc1N(CC(=O)Nc1cc(Cl)cc(Cl)c1)S(C)(=O)=O. The third-order valence-corrected chi connectivity index (χ3v) is 4.78. The van der Waals surface area contributed by atoms with Gasteiger partial charge in [-0.15, -0.1) is 0 Å². The summed E-state index contributed by atoms with van der Waals surface area (Å²) in [5, 5.41) is 3.35. The fraction of sp³-hybridized carbons (Fsp3) is 0.188. The second-order valence-electron chi connectivity index (χ2n) is 5.26. The Hall–Kier alpha value is -1.76. The molecule has 0 aromatic heterocycles. The van der Waals surface area contributed by atoms with E-state index in [1.165, 1.54) is 18.2 Å². The number of hydrogen-bond acceptors (Lipinski definition) is 3. The van der Waals surface area contributed by atoms with Gasteiger partial charge in [0, 0.05) is 15.7 Å². The van der Waals surface area contributed by atoms with Crippen LogP contribution in [0.25, 0.3) is 0 Å². The fourth-order valence-electron chi connectivity index (χ4n) is 2.18. The van der Waals surface area contributed by atoms with Crippen LogP contribution in [0.5, 0.6) is 0 Å². The van der Waals surface area contributed by atoms with Gasteiger partial charge in [-0.05, 0) is 36.8 Å². The van der Waals surface area contributed by atoms with Crippen molar-refractivity contribution >= 4 is 50.5 Å². The van der Waals surface area contributed by atoms with Crippen molar-refractivity contribution in [3.05, 3.63) is 58.1 Å². The van der Waals surface area contributed by atoms with Crippen molar-refractivity contribution in [2.75, 3.05) is 22.4 Å². The van der Waals surface area contributed by atoms with Crippen LogP contribution >= 0.6 is 23.2 Å². The number of carbonyl (C=O) groups is 1. The van der Waals surface area contributed by atoms with Gasteiger partial charge >= 0.3 is 0 Å². The van der Waals surface area contributed by atoms with Crippen LogP contribution in [0.2, 0.25) is 10.0 Å². The van der Waals surface area contributed by atoms with Gasteiger partial charge < -0.3 is 5.32 Å². The van der Waals surface area contributed by atoms with Crippen LogP contribution < -0.4 is 9.62 Å². The van der Waals surface area contributed by atoms with Crippen LogP contribution in [0.15, 0.2) is 42.5 Å². The number of rotatable bonds is 5. The van der Waals surface area contributed by atoms with E-state index in [0.717, 1.165) is 16.1 Å². The first-order valence-electron chi connectivity index (χ1n) is 6.96. The average Bonchev–Trinajstić information content (AvgIpc) is 2.43.